The molecule has 19 heteroatoms. The maximum atomic E-state index is 14.6. The lowest BCUT2D eigenvalue weighted by atomic mass is 10.0. The summed E-state index contributed by atoms with van der Waals surface area (Å²) in [7, 11) is 0. The first kappa shape index (κ1) is 51.5. The zero-order chi connectivity index (χ0) is 53.3. The number of amides is 5. The highest BCUT2D eigenvalue weighted by atomic mass is 16.7. The molecule has 5 aromatic rings. The molecular formula is C58H69N9O10. The SMILES string of the molecule is CC(C)[C@H](NC(=O)OC1CCCC1)C(=O)N1CCC[C@H]1c1nc(-c2ccc(-c3ccc(-c4cnc([C@@H]5C[C@@H](OC(=O)N6Cc7ccc8c(c7C6)OCO8)CN5C(=O)[C@@H](NC(=O)OC5CCCC5)C(C)C)[nH]4)cc3)cc2)c[nH]1. The lowest BCUT2D eigenvalue weighted by molar-refractivity contribution is -0.136. The number of aromatic amines is 2. The van der Waals surface area contributed by atoms with E-state index in [1.54, 1.807) is 16.0 Å². The summed E-state index contributed by atoms with van der Waals surface area (Å²) in [5.41, 5.74) is 7.21. The van der Waals surface area contributed by atoms with Crippen LogP contribution in [0.2, 0.25) is 0 Å². The van der Waals surface area contributed by atoms with Crippen molar-refractivity contribution in [3.05, 3.63) is 95.8 Å². The average molecular weight is 1050 g/mol. The third kappa shape index (κ3) is 11.0. The second kappa shape index (κ2) is 22.2. The summed E-state index contributed by atoms with van der Waals surface area (Å²) >= 11 is 0. The number of likely N-dealkylation sites (tertiary alicyclic amines) is 2. The predicted octanol–water partition coefficient (Wildman–Crippen LogP) is 9.71. The molecule has 2 saturated heterocycles. The highest BCUT2D eigenvalue weighted by Crippen LogP contribution is 2.42. The molecule has 77 heavy (non-hydrogen) atoms. The first-order chi connectivity index (χ1) is 37.3. The highest BCUT2D eigenvalue weighted by molar-refractivity contribution is 5.87. The minimum Gasteiger partial charge on any atom is -0.454 e. The molecule has 2 aliphatic carbocycles. The Balaban J connectivity index is 0.753. The van der Waals surface area contributed by atoms with Gasteiger partial charge in [0, 0.05) is 36.8 Å². The van der Waals surface area contributed by atoms with Gasteiger partial charge >= 0.3 is 18.3 Å². The Hall–Kier alpha value is -7.57. The topological polar surface area (TPSA) is 223 Å². The van der Waals surface area contributed by atoms with E-state index in [9.17, 15) is 24.0 Å². The van der Waals surface area contributed by atoms with Gasteiger partial charge < -0.3 is 54.1 Å². The Labute approximate surface area is 448 Å². The van der Waals surface area contributed by atoms with Crippen LogP contribution in [0.4, 0.5) is 14.4 Å². The number of H-pyrrole nitrogens is 2. The standard InChI is InChI=1S/C58H69N9O10/c1-33(2)49(63-56(70)75-40-10-5-6-11-40)54(68)66-25-9-14-46(66)52-59-27-44(61-52)37-19-15-35(16-20-37)36-17-21-38(22-18-36)45-28-60-53(62-45)47-26-42(77-58(72)65-29-39-23-24-48-51(43(39)31-65)74-32-73-48)30-67(47)55(69)50(34(3)4)64-57(71)76-41-12-7-8-13-41/h15-24,27-28,33-34,40-42,46-47,49-50H,5-14,25-26,29-32H2,1-4H3,(H,59,61)(H,60,62)(H,63,70)(H,64,71)/t42-,46+,47+,49+,50+/m1/s1. The number of nitrogens with zero attached hydrogens (tertiary/aromatic N) is 5. The van der Waals surface area contributed by atoms with Crippen LogP contribution in [0.1, 0.15) is 133 Å². The maximum Gasteiger partial charge on any atom is 0.410 e. The molecule has 4 N–H and O–H groups in total. The summed E-state index contributed by atoms with van der Waals surface area (Å²) in [6.45, 7) is 9.12. The van der Waals surface area contributed by atoms with E-state index < -0.39 is 42.5 Å². The third-order valence-corrected chi connectivity index (χ3v) is 16.2. The first-order valence-electron chi connectivity index (χ1n) is 27.6. The van der Waals surface area contributed by atoms with Crippen molar-refractivity contribution in [1.82, 2.24) is 45.3 Å². The minimum atomic E-state index is -0.891. The predicted molar refractivity (Wildman–Crippen MR) is 283 cm³/mol. The van der Waals surface area contributed by atoms with Crippen LogP contribution < -0.4 is 20.1 Å². The molecule has 2 saturated carbocycles. The van der Waals surface area contributed by atoms with Gasteiger partial charge in [0.1, 0.15) is 42.0 Å². The van der Waals surface area contributed by atoms with Gasteiger partial charge in [-0.15, -0.1) is 0 Å². The molecule has 0 unspecified atom stereocenters. The number of rotatable bonds is 14. The van der Waals surface area contributed by atoms with E-state index in [4.69, 9.17) is 33.7 Å². The molecule has 4 fully saturated rings. The zero-order valence-electron chi connectivity index (χ0n) is 44.3. The van der Waals surface area contributed by atoms with Gasteiger partial charge in [0.15, 0.2) is 11.5 Å². The van der Waals surface area contributed by atoms with Crippen molar-refractivity contribution >= 4 is 30.1 Å². The number of aromatic nitrogens is 4. The number of nitrogens with one attached hydrogen (secondary N) is 4. The number of fused-ring (bicyclic) bond motifs is 3. The van der Waals surface area contributed by atoms with Crippen LogP contribution in [0.3, 0.4) is 0 Å². The van der Waals surface area contributed by atoms with E-state index in [1.165, 1.54) is 0 Å². The lowest BCUT2D eigenvalue weighted by Gasteiger charge is -2.30. The van der Waals surface area contributed by atoms with Crippen molar-refractivity contribution in [1.29, 1.82) is 0 Å². The number of benzene rings is 3. The van der Waals surface area contributed by atoms with Gasteiger partial charge in [-0.25, -0.2) is 24.4 Å². The summed E-state index contributed by atoms with van der Waals surface area (Å²) in [6.07, 6.45) is 10.4. The average Bonchev–Trinajstić information content (AvgIpc) is 4.31. The molecule has 5 amide bonds. The van der Waals surface area contributed by atoms with E-state index in [0.717, 1.165) is 109 Å². The summed E-state index contributed by atoms with van der Waals surface area (Å²) in [5.74, 6) is 1.73. The maximum absolute atomic E-state index is 14.6. The molecule has 0 spiro atoms. The highest BCUT2D eigenvalue weighted by Gasteiger charge is 2.45. The molecule has 406 valence electrons. The number of ether oxygens (including phenoxy) is 5. The molecule has 19 nitrogen and oxygen atoms in total. The quantitative estimate of drug-likeness (QED) is 0.0764. The number of carbonyl (C=O) groups excluding carboxylic acids is 5. The van der Waals surface area contributed by atoms with Crippen LogP contribution in [-0.4, -0.2) is 115 Å². The van der Waals surface area contributed by atoms with Crippen molar-refractivity contribution in [3.8, 4) is 45.1 Å². The summed E-state index contributed by atoms with van der Waals surface area (Å²) < 4.78 is 28.8. The molecule has 0 bridgehead atoms. The van der Waals surface area contributed by atoms with E-state index in [0.29, 0.717) is 42.8 Å². The molecule has 4 aliphatic heterocycles. The van der Waals surface area contributed by atoms with Crippen LogP contribution in [-0.2, 0) is 36.9 Å². The Morgan fingerprint density at radius 2 is 1.26 bits per heavy atom. The van der Waals surface area contributed by atoms with Gasteiger partial charge in [0.2, 0.25) is 18.6 Å². The minimum absolute atomic E-state index is 0.0880. The Kier molecular flexibility index (Phi) is 14.8. The molecule has 11 rings (SSSR count). The third-order valence-electron chi connectivity index (χ3n) is 16.2. The van der Waals surface area contributed by atoms with Crippen molar-refractivity contribution in [2.24, 2.45) is 11.8 Å². The van der Waals surface area contributed by atoms with Crippen molar-refractivity contribution in [2.75, 3.05) is 19.9 Å². The fraction of sp³-hybridized carbons (Fsp3) is 0.500. The number of alkyl carbamates (subject to hydrolysis) is 2. The molecule has 5 atom stereocenters. The number of imidazole rings is 2. The molecule has 6 aliphatic rings. The van der Waals surface area contributed by atoms with E-state index >= 15 is 0 Å². The largest absolute Gasteiger partial charge is 0.454 e. The fourth-order valence-electron chi connectivity index (χ4n) is 11.9. The lowest BCUT2D eigenvalue weighted by Crippen LogP contribution is -2.52. The van der Waals surface area contributed by atoms with Crippen LogP contribution >= 0.6 is 0 Å². The van der Waals surface area contributed by atoms with E-state index in [1.807, 2.05) is 87.3 Å². The molecular weight excluding hydrogens is 983 g/mol. The molecule has 6 heterocycles. The first-order valence-corrected chi connectivity index (χ1v) is 27.6. The van der Waals surface area contributed by atoms with Crippen LogP contribution in [0.15, 0.2) is 73.1 Å². The molecule has 2 aromatic heterocycles. The molecule has 0 radical (unpaired) electrons. The van der Waals surface area contributed by atoms with Gasteiger partial charge in [-0.2, -0.15) is 0 Å². The smallest absolute Gasteiger partial charge is 0.410 e. The Bertz CT molecular complexity index is 2960. The summed E-state index contributed by atoms with van der Waals surface area (Å²) in [5, 5.41) is 5.74. The Morgan fingerprint density at radius 1 is 0.649 bits per heavy atom. The van der Waals surface area contributed by atoms with Crippen LogP contribution in [0.25, 0.3) is 33.6 Å². The fourth-order valence-corrected chi connectivity index (χ4v) is 11.9. The van der Waals surface area contributed by atoms with Crippen molar-refractivity contribution in [3.63, 3.8) is 0 Å². The summed E-state index contributed by atoms with van der Waals surface area (Å²) in [4.78, 5) is 90.1. The van der Waals surface area contributed by atoms with Gasteiger partial charge in [-0.05, 0) is 104 Å². The van der Waals surface area contributed by atoms with Crippen LogP contribution in [0.5, 0.6) is 11.5 Å². The van der Waals surface area contributed by atoms with Crippen LogP contribution in [0, 0.1) is 11.8 Å². The Morgan fingerprint density at radius 3 is 1.90 bits per heavy atom. The van der Waals surface area contributed by atoms with E-state index in [-0.39, 0.29) is 61.7 Å². The number of hydrogen-bond donors (Lipinski definition) is 4. The summed E-state index contributed by atoms with van der Waals surface area (Å²) in [6, 6.07) is 17.7. The van der Waals surface area contributed by atoms with Crippen molar-refractivity contribution in [2.45, 2.75) is 154 Å². The zero-order valence-corrected chi connectivity index (χ0v) is 44.3. The molecule has 3 aromatic carbocycles. The normalized spacial score (nSPS) is 21.0. The van der Waals surface area contributed by atoms with Gasteiger partial charge in [-0.1, -0.05) is 82.3 Å². The second-order valence-electron chi connectivity index (χ2n) is 22.1. The van der Waals surface area contributed by atoms with Gasteiger partial charge in [0.25, 0.3) is 0 Å². The number of carbonyl (C=O) groups is 5. The van der Waals surface area contributed by atoms with Gasteiger partial charge in [0.05, 0.1) is 42.8 Å². The second-order valence-corrected chi connectivity index (χ2v) is 22.1. The monoisotopic (exact) mass is 1050 g/mol. The number of hydrogen-bond acceptors (Lipinski definition) is 12. The van der Waals surface area contributed by atoms with Gasteiger partial charge in [-0.3, -0.25) is 14.5 Å². The van der Waals surface area contributed by atoms with Crippen molar-refractivity contribution < 1.29 is 47.7 Å². The van der Waals surface area contributed by atoms with E-state index in [2.05, 4.69) is 32.7 Å².